The van der Waals surface area contributed by atoms with Gasteiger partial charge in [0.05, 0.1) is 5.39 Å². The van der Waals surface area contributed by atoms with E-state index in [1.54, 1.807) is 6.07 Å². The molecule has 0 atom stereocenters. The van der Waals surface area contributed by atoms with Gasteiger partial charge in [-0.05, 0) is 40.0 Å². The van der Waals surface area contributed by atoms with E-state index >= 15 is 0 Å². The number of nitrogens with zero attached hydrogens (tertiary/aromatic N) is 1. The second kappa shape index (κ2) is 4.02. The Hall–Kier alpha value is -1.36. The molecule has 2 rings (SSSR count). The Morgan fingerprint density at radius 2 is 2.33 bits per heavy atom. The summed E-state index contributed by atoms with van der Waals surface area (Å²) in [7, 11) is 0. The molecule has 0 aliphatic heterocycles. The van der Waals surface area contributed by atoms with Gasteiger partial charge in [-0.15, -0.1) is 0 Å². The molecule has 1 aromatic carbocycles. The third-order valence-corrected chi connectivity index (χ3v) is 2.69. The zero-order chi connectivity index (χ0) is 10.8. The number of carboxylic acid groups (broad SMARTS) is 1. The topological polar surface area (TPSA) is 63.3 Å². The summed E-state index contributed by atoms with van der Waals surface area (Å²) in [5, 5.41) is 13.2. The first-order chi connectivity index (χ1) is 7.16. The van der Waals surface area contributed by atoms with Crippen molar-refractivity contribution in [1.29, 1.82) is 0 Å². The van der Waals surface area contributed by atoms with Crippen molar-refractivity contribution in [3.05, 3.63) is 28.4 Å². The Morgan fingerprint density at radius 3 is 3.07 bits per heavy atom. The van der Waals surface area contributed by atoms with E-state index in [4.69, 9.17) is 9.63 Å². The summed E-state index contributed by atoms with van der Waals surface area (Å²) in [6.45, 7) is 0. The number of rotatable bonds is 3. The number of hydrogen-bond acceptors (Lipinski definition) is 3. The van der Waals surface area contributed by atoms with Crippen molar-refractivity contribution >= 4 is 32.9 Å². The maximum Gasteiger partial charge on any atom is 0.303 e. The molecule has 0 aliphatic rings. The number of hydrogen-bond donors (Lipinski definition) is 1. The van der Waals surface area contributed by atoms with E-state index in [1.165, 1.54) is 0 Å². The minimum absolute atomic E-state index is 0.133. The van der Waals surface area contributed by atoms with Crippen LogP contribution in [0.1, 0.15) is 12.0 Å². The Labute approximate surface area is 94.0 Å². The smallest absolute Gasteiger partial charge is 0.303 e. The van der Waals surface area contributed by atoms with Crippen LogP contribution in [0.3, 0.4) is 0 Å². The van der Waals surface area contributed by atoms with Gasteiger partial charge in [-0.25, -0.2) is 0 Å². The molecule has 1 heterocycles. The summed E-state index contributed by atoms with van der Waals surface area (Å²) >= 11 is 3.26. The molecule has 0 saturated heterocycles. The van der Waals surface area contributed by atoms with Crippen LogP contribution in [0.25, 0.3) is 11.0 Å². The first kappa shape index (κ1) is 10.2. The molecule has 0 bridgehead atoms. The van der Waals surface area contributed by atoms with Gasteiger partial charge in [0, 0.05) is 6.42 Å². The quantitative estimate of drug-likeness (QED) is 0.931. The van der Waals surface area contributed by atoms with Gasteiger partial charge in [-0.1, -0.05) is 11.2 Å². The van der Waals surface area contributed by atoms with Crippen LogP contribution in [-0.2, 0) is 11.2 Å². The zero-order valence-electron chi connectivity index (χ0n) is 7.74. The highest BCUT2D eigenvalue weighted by atomic mass is 79.9. The molecule has 0 saturated carbocycles. The first-order valence-corrected chi connectivity index (χ1v) is 5.22. The lowest BCUT2D eigenvalue weighted by Gasteiger charge is -1.97. The maximum atomic E-state index is 10.4. The predicted octanol–water partition coefficient (Wildman–Crippen LogP) is 2.61. The predicted molar refractivity (Wildman–Crippen MR) is 57.7 cm³/mol. The summed E-state index contributed by atoms with van der Waals surface area (Å²) in [5.41, 5.74) is 1.66. The van der Waals surface area contributed by atoms with Crippen LogP contribution in [-0.4, -0.2) is 16.2 Å². The van der Waals surface area contributed by atoms with Gasteiger partial charge in [0.25, 0.3) is 0 Å². The van der Waals surface area contributed by atoms with Crippen molar-refractivity contribution in [2.45, 2.75) is 12.8 Å². The van der Waals surface area contributed by atoms with Crippen molar-refractivity contribution in [3.63, 3.8) is 0 Å². The standard InChI is InChI=1S/C10H8BrNO3/c11-10-7-5-6(2-4-9(13)14)1-3-8(7)15-12-10/h1,3,5H,2,4H2,(H,13,14). The Morgan fingerprint density at radius 1 is 1.53 bits per heavy atom. The van der Waals surface area contributed by atoms with Crippen molar-refractivity contribution in [2.24, 2.45) is 0 Å². The highest BCUT2D eigenvalue weighted by Crippen LogP contribution is 2.24. The third kappa shape index (κ3) is 2.18. The van der Waals surface area contributed by atoms with Crippen LogP contribution in [0.15, 0.2) is 27.3 Å². The summed E-state index contributed by atoms with van der Waals surface area (Å²) in [5.74, 6) is -0.792. The van der Waals surface area contributed by atoms with E-state index in [1.807, 2.05) is 12.1 Å². The molecular formula is C10H8BrNO3. The fourth-order valence-electron chi connectivity index (χ4n) is 1.36. The van der Waals surface area contributed by atoms with E-state index in [9.17, 15) is 4.79 Å². The maximum absolute atomic E-state index is 10.4. The fourth-order valence-corrected chi connectivity index (χ4v) is 1.75. The molecule has 15 heavy (non-hydrogen) atoms. The largest absolute Gasteiger partial charge is 0.481 e. The second-order valence-corrected chi connectivity index (χ2v) is 3.95. The van der Waals surface area contributed by atoms with Crippen molar-refractivity contribution in [2.75, 3.05) is 0 Å². The lowest BCUT2D eigenvalue weighted by Crippen LogP contribution is -1.97. The number of aryl methyl sites for hydroxylation is 1. The molecule has 0 unspecified atom stereocenters. The molecule has 4 nitrogen and oxygen atoms in total. The lowest BCUT2D eigenvalue weighted by molar-refractivity contribution is -0.136. The number of aliphatic carboxylic acids is 1. The zero-order valence-corrected chi connectivity index (χ0v) is 9.32. The van der Waals surface area contributed by atoms with Gasteiger partial charge < -0.3 is 9.63 Å². The Balaban J connectivity index is 2.29. The normalized spacial score (nSPS) is 10.7. The van der Waals surface area contributed by atoms with Crippen LogP contribution in [0.5, 0.6) is 0 Å². The monoisotopic (exact) mass is 269 g/mol. The molecule has 1 N–H and O–H groups in total. The molecule has 2 aromatic rings. The molecule has 0 aliphatic carbocycles. The first-order valence-electron chi connectivity index (χ1n) is 4.42. The van der Waals surface area contributed by atoms with Gasteiger partial charge >= 0.3 is 5.97 Å². The van der Waals surface area contributed by atoms with Crippen LogP contribution in [0.4, 0.5) is 0 Å². The number of aromatic nitrogens is 1. The van der Waals surface area contributed by atoms with E-state index < -0.39 is 5.97 Å². The number of halogens is 1. The molecule has 0 spiro atoms. The number of carboxylic acids is 1. The fraction of sp³-hybridized carbons (Fsp3) is 0.200. The van der Waals surface area contributed by atoms with Crippen molar-refractivity contribution < 1.29 is 14.4 Å². The minimum Gasteiger partial charge on any atom is -0.481 e. The van der Waals surface area contributed by atoms with Gasteiger partial charge in [-0.3, -0.25) is 4.79 Å². The molecule has 78 valence electrons. The van der Waals surface area contributed by atoms with Gasteiger partial charge in [0.15, 0.2) is 10.2 Å². The van der Waals surface area contributed by atoms with E-state index in [-0.39, 0.29) is 6.42 Å². The summed E-state index contributed by atoms with van der Waals surface area (Å²) in [6, 6.07) is 5.53. The Bertz CT molecular complexity index is 506. The van der Waals surface area contributed by atoms with Gasteiger partial charge in [0.2, 0.25) is 0 Å². The molecular weight excluding hydrogens is 262 g/mol. The van der Waals surface area contributed by atoms with Crippen molar-refractivity contribution in [3.8, 4) is 0 Å². The summed E-state index contributed by atoms with van der Waals surface area (Å²) in [4.78, 5) is 10.4. The van der Waals surface area contributed by atoms with E-state index in [0.717, 1.165) is 10.9 Å². The minimum atomic E-state index is -0.792. The highest BCUT2D eigenvalue weighted by Gasteiger charge is 2.06. The van der Waals surface area contributed by atoms with Gasteiger partial charge in [0.1, 0.15) is 0 Å². The van der Waals surface area contributed by atoms with Crippen LogP contribution < -0.4 is 0 Å². The SMILES string of the molecule is O=C(O)CCc1ccc2onc(Br)c2c1. The van der Waals surface area contributed by atoms with E-state index in [0.29, 0.717) is 16.6 Å². The molecule has 5 heteroatoms. The highest BCUT2D eigenvalue weighted by molar-refractivity contribution is 9.10. The lowest BCUT2D eigenvalue weighted by atomic mass is 10.1. The number of carbonyl (C=O) groups is 1. The van der Waals surface area contributed by atoms with Crippen molar-refractivity contribution in [1.82, 2.24) is 5.16 Å². The molecule has 0 radical (unpaired) electrons. The van der Waals surface area contributed by atoms with Gasteiger partial charge in [-0.2, -0.15) is 0 Å². The Kier molecular flexibility index (Phi) is 2.73. The summed E-state index contributed by atoms with van der Waals surface area (Å²) in [6.07, 6.45) is 0.650. The third-order valence-electron chi connectivity index (χ3n) is 2.12. The van der Waals surface area contributed by atoms with E-state index in [2.05, 4.69) is 21.1 Å². The van der Waals surface area contributed by atoms with Crippen LogP contribution in [0.2, 0.25) is 0 Å². The molecule has 0 fully saturated rings. The number of benzene rings is 1. The average molecular weight is 270 g/mol. The molecule has 1 aromatic heterocycles. The summed E-state index contributed by atoms with van der Waals surface area (Å²) < 4.78 is 5.66. The average Bonchev–Trinajstić information content (AvgIpc) is 2.57. The van der Waals surface area contributed by atoms with Crippen LogP contribution >= 0.6 is 15.9 Å². The number of fused-ring (bicyclic) bond motifs is 1. The van der Waals surface area contributed by atoms with Crippen LogP contribution in [0, 0.1) is 0 Å². The molecule has 0 amide bonds. The second-order valence-electron chi connectivity index (χ2n) is 3.20.